The second-order valence-electron chi connectivity index (χ2n) is 11.4. The van der Waals surface area contributed by atoms with E-state index in [1.165, 1.54) is 11.0 Å². The van der Waals surface area contributed by atoms with E-state index in [4.69, 9.17) is 17.3 Å². The molecule has 44 heavy (non-hydrogen) atoms. The smallest absolute Gasteiger partial charge is 0.319 e. The number of nitrogens with zero attached hydrogens (tertiary/aromatic N) is 1. The van der Waals surface area contributed by atoms with E-state index in [9.17, 15) is 39.6 Å². The molecule has 2 aromatic carbocycles. The van der Waals surface area contributed by atoms with Crippen LogP contribution in [0.1, 0.15) is 24.0 Å². The fourth-order valence-electron chi connectivity index (χ4n) is 6.69. The topological polar surface area (TPSA) is 203 Å². The molecule has 5 rings (SSSR count). The van der Waals surface area contributed by atoms with Crippen LogP contribution in [0.5, 0.6) is 5.75 Å². The lowest BCUT2D eigenvalue weighted by atomic mass is 9.57. The molecule has 12 nitrogen and oxygen atoms in total. The van der Waals surface area contributed by atoms with Crippen LogP contribution < -0.4 is 16.4 Å². The molecule has 0 aromatic heterocycles. The van der Waals surface area contributed by atoms with Crippen molar-refractivity contribution in [3.05, 3.63) is 64.4 Å². The van der Waals surface area contributed by atoms with Crippen molar-refractivity contribution < 1.29 is 39.6 Å². The van der Waals surface area contributed by atoms with Crippen LogP contribution in [0.4, 0.5) is 10.5 Å². The number of rotatable bonds is 7. The van der Waals surface area contributed by atoms with E-state index in [0.29, 0.717) is 41.2 Å². The molecule has 3 aliphatic carbocycles. The van der Waals surface area contributed by atoms with Gasteiger partial charge in [-0.3, -0.25) is 19.3 Å². The maximum absolute atomic E-state index is 14.0. The number of likely N-dealkylation sites (N-methyl/N-ethyl adjacent to an activating group) is 1. The van der Waals surface area contributed by atoms with Crippen LogP contribution in [0, 0.1) is 11.8 Å². The van der Waals surface area contributed by atoms with Crippen LogP contribution in [0.2, 0.25) is 0 Å². The molecular formula is C31H33ClN4O8. The molecule has 232 valence electrons. The summed E-state index contributed by atoms with van der Waals surface area (Å²) in [5.74, 6) is -6.59. The number of aliphatic hydroxyl groups excluding tert-OH is 2. The molecule has 0 aliphatic heterocycles. The molecule has 0 saturated heterocycles. The Kier molecular flexibility index (Phi) is 8.19. The van der Waals surface area contributed by atoms with Crippen LogP contribution in [-0.2, 0) is 20.8 Å². The largest absolute Gasteiger partial charge is 0.508 e. The van der Waals surface area contributed by atoms with Crippen LogP contribution in [-0.4, -0.2) is 87.0 Å². The number of benzene rings is 2. The number of hydrogen-bond acceptors (Lipinski definition) is 9. The number of nitrogens with one attached hydrogen (secondary N) is 2. The van der Waals surface area contributed by atoms with E-state index >= 15 is 0 Å². The number of urea groups is 1. The first kappa shape index (κ1) is 31.0. The number of anilines is 1. The van der Waals surface area contributed by atoms with Crippen molar-refractivity contribution >= 4 is 46.6 Å². The van der Waals surface area contributed by atoms with Crippen LogP contribution in [0.3, 0.4) is 0 Å². The zero-order valence-electron chi connectivity index (χ0n) is 24.1. The molecule has 0 radical (unpaired) electrons. The number of fused-ring (bicyclic) bond motifs is 3. The molecule has 3 aliphatic rings. The Hall–Kier alpha value is -4.39. The third-order valence-corrected chi connectivity index (χ3v) is 8.92. The number of ketones is 2. The van der Waals surface area contributed by atoms with Crippen LogP contribution in [0.25, 0.3) is 16.9 Å². The van der Waals surface area contributed by atoms with Crippen molar-refractivity contribution in [3.63, 3.8) is 0 Å². The number of carbonyl (C=O) groups is 4. The lowest BCUT2D eigenvalue weighted by molar-refractivity contribution is -0.153. The second-order valence-corrected chi connectivity index (χ2v) is 11.8. The second kappa shape index (κ2) is 11.6. The lowest BCUT2D eigenvalue weighted by Gasteiger charge is -2.50. The summed E-state index contributed by atoms with van der Waals surface area (Å²) < 4.78 is 0. The fourth-order valence-corrected chi connectivity index (χ4v) is 6.83. The quantitative estimate of drug-likeness (QED) is 0.137. The summed E-state index contributed by atoms with van der Waals surface area (Å²) in [5, 5.41) is 50.4. The highest BCUT2D eigenvalue weighted by atomic mass is 35.5. The van der Waals surface area contributed by atoms with Crippen molar-refractivity contribution in [2.75, 3.05) is 31.8 Å². The predicted molar refractivity (Wildman–Crippen MR) is 162 cm³/mol. The Bertz CT molecular complexity index is 1630. The third kappa shape index (κ3) is 4.88. The number of carbonyl (C=O) groups excluding carboxylic acids is 4. The van der Waals surface area contributed by atoms with Crippen molar-refractivity contribution in [2.45, 2.75) is 30.9 Å². The summed E-state index contributed by atoms with van der Waals surface area (Å²) in [6, 6.07) is 8.43. The number of phenolic OH excluding ortho intramolecular Hbond substituents is 1. The zero-order chi connectivity index (χ0) is 32.1. The van der Waals surface area contributed by atoms with Gasteiger partial charge in [-0.2, -0.15) is 0 Å². The summed E-state index contributed by atoms with van der Waals surface area (Å²) in [5.41, 5.74) is 4.02. The summed E-state index contributed by atoms with van der Waals surface area (Å²) in [6.45, 7) is 0.430. The van der Waals surface area contributed by atoms with Gasteiger partial charge < -0.3 is 36.8 Å². The average molecular weight is 625 g/mol. The molecule has 0 heterocycles. The van der Waals surface area contributed by atoms with Gasteiger partial charge in [0.1, 0.15) is 22.8 Å². The molecule has 13 heteroatoms. The van der Waals surface area contributed by atoms with Gasteiger partial charge in [-0.15, -0.1) is 11.6 Å². The first-order chi connectivity index (χ1) is 20.8. The van der Waals surface area contributed by atoms with Crippen molar-refractivity contribution in [1.29, 1.82) is 0 Å². The number of phenols is 1. The number of hydrogen-bond donors (Lipinski definition) is 7. The van der Waals surface area contributed by atoms with Crippen molar-refractivity contribution in [2.24, 2.45) is 17.6 Å². The molecule has 0 spiro atoms. The molecule has 0 unspecified atom stereocenters. The van der Waals surface area contributed by atoms with Gasteiger partial charge >= 0.3 is 6.03 Å². The first-order valence-corrected chi connectivity index (χ1v) is 14.6. The number of nitrogens with two attached hydrogens (primary N) is 1. The van der Waals surface area contributed by atoms with Crippen molar-refractivity contribution in [1.82, 2.24) is 10.2 Å². The number of aliphatic hydroxyl groups is 3. The molecule has 1 saturated carbocycles. The zero-order valence-corrected chi connectivity index (χ0v) is 24.8. The summed E-state index contributed by atoms with van der Waals surface area (Å²) in [7, 11) is 3.09. The molecule has 0 bridgehead atoms. The van der Waals surface area contributed by atoms with Gasteiger partial charge in [0.25, 0.3) is 5.91 Å². The van der Waals surface area contributed by atoms with Gasteiger partial charge in [0, 0.05) is 29.6 Å². The lowest BCUT2D eigenvalue weighted by Crippen LogP contribution is -2.65. The highest BCUT2D eigenvalue weighted by Crippen LogP contribution is 2.53. The molecular weight excluding hydrogens is 592 g/mol. The number of alkyl halides is 1. The monoisotopic (exact) mass is 624 g/mol. The predicted octanol–water partition coefficient (Wildman–Crippen LogP) is 2.38. The molecule has 4 atom stereocenters. The third-order valence-electron chi connectivity index (χ3n) is 8.65. The molecule has 3 amide bonds. The van der Waals surface area contributed by atoms with Crippen LogP contribution in [0.15, 0.2) is 53.3 Å². The van der Waals surface area contributed by atoms with Gasteiger partial charge in [-0.05, 0) is 74.2 Å². The van der Waals surface area contributed by atoms with E-state index < -0.39 is 58.0 Å². The summed E-state index contributed by atoms with van der Waals surface area (Å²) in [6.07, 6.45) is 0.775. The van der Waals surface area contributed by atoms with E-state index in [1.807, 2.05) is 0 Å². The van der Waals surface area contributed by atoms with Gasteiger partial charge in [0.05, 0.1) is 11.6 Å². The Morgan fingerprint density at radius 1 is 1.09 bits per heavy atom. The summed E-state index contributed by atoms with van der Waals surface area (Å²) in [4.78, 5) is 53.0. The minimum Gasteiger partial charge on any atom is -0.508 e. The Morgan fingerprint density at radius 3 is 2.39 bits per heavy atom. The highest BCUT2D eigenvalue weighted by Gasteiger charge is 2.64. The molecule has 2 aromatic rings. The number of halogens is 1. The molecule has 8 N–H and O–H groups in total. The maximum Gasteiger partial charge on any atom is 0.319 e. The maximum atomic E-state index is 14.0. The highest BCUT2D eigenvalue weighted by molar-refractivity contribution is 6.24. The SMILES string of the molecule is CN(C)[C@H]1C(=O)C(C(N)=O)=C(O)[C@]2(O)C(=O)C3=C(O)c4c(O)ccc(-c5ccc(NC(=O)NCCCCl)cc5)c4C[C@@H]3C[C@H]12. The van der Waals surface area contributed by atoms with E-state index in [1.54, 1.807) is 44.4 Å². The number of amides is 3. The van der Waals surface area contributed by atoms with Gasteiger partial charge in [-0.1, -0.05) is 18.2 Å². The average Bonchev–Trinajstić information content (AvgIpc) is 2.95. The molecule has 1 fully saturated rings. The summed E-state index contributed by atoms with van der Waals surface area (Å²) >= 11 is 5.64. The van der Waals surface area contributed by atoms with Gasteiger partial charge in [0.15, 0.2) is 11.4 Å². The normalized spacial score (nSPS) is 24.5. The first-order valence-electron chi connectivity index (χ1n) is 14.0. The van der Waals surface area contributed by atoms with E-state index in [2.05, 4.69) is 10.6 Å². The van der Waals surface area contributed by atoms with Crippen molar-refractivity contribution in [3.8, 4) is 16.9 Å². The standard InChI is InChI=1S/C31H33ClN4O8/c1-36(2)24-19-13-15-12-18-17(14-4-6-16(7-5-14)35-30(43)34-11-3-10-32)8-9-20(37)22(18)25(38)21(15)27(40)31(19,44)28(41)23(26(24)39)29(33)42/h4-9,15,19,24,37-38,41,44H,3,10-13H2,1-2H3,(H2,33,42)(H2,34,35,43)/t15-,19-,24-,31-/m1/s1. The van der Waals surface area contributed by atoms with Gasteiger partial charge in [0.2, 0.25) is 5.78 Å². The number of aromatic hydroxyl groups is 1. The minimum absolute atomic E-state index is 0.000315. The van der Waals surface area contributed by atoms with Gasteiger partial charge in [-0.25, -0.2) is 4.79 Å². The Morgan fingerprint density at radius 2 is 1.77 bits per heavy atom. The number of Topliss-reactive ketones (excluding diaryl/α,β-unsaturated/α-hetero) is 2. The fraction of sp³-hybridized carbons (Fsp3) is 0.355. The van der Waals surface area contributed by atoms with E-state index in [-0.39, 0.29) is 35.8 Å². The van der Waals surface area contributed by atoms with E-state index in [0.717, 1.165) is 0 Å². The Labute approximate surface area is 257 Å². The van der Waals surface area contributed by atoms with Crippen LogP contribution >= 0.6 is 11.6 Å². The number of primary amides is 1. The minimum atomic E-state index is -2.70. The Balaban J connectivity index is 1.56.